The van der Waals surface area contributed by atoms with E-state index in [1.54, 1.807) is 12.4 Å². The maximum atomic E-state index is 11.5. The van der Waals surface area contributed by atoms with Crippen LogP contribution in [0.2, 0.25) is 0 Å². The van der Waals surface area contributed by atoms with Gasteiger partial charge in [-0.1, -0.05) is 0 Å². The first-order chi connectivity index (χ1) is 6.99. The summed E-state index contributed by atoms with van der Waals surface area (Å²) in [5, 5.41) is 12.4. The van der Waals surface area contributed by atoms with Crippen molar-refractivity contribution in [2.24, 2.45) is 0 Å². The number of nitrogens with zero attached hydrogens (tertiary/aromatic N) is 3. The van der Waals surface area contributed by atoms with E-state index in [0.717, 1.165) is 10.5 Å². The number of amides is 1. The normalized spacial score (nSPS) is 10.0. The highest BCUT2D eigenvalue weighted by Crippen LogP contribution is 1.95. The van der Waals surface area contributed by atoms with Crippen molar-refractivity contribution in [2.45, 2.75) is 13.5 Å². The molecule has 0 bridgehead atoms. The van der Waals surface area contributed by atoms with Gasteiger partial charge in [0.1, 0.15) is 13.1 Å². The molecule has 82 valence electrons. The van der Waals surface area contributed by atoms with Gasteiger partial charge in [0.2, 0.25) is 5.91 Å². The molecule has 0 radical (unpaired) electrons. The van der Waals surface area contributed by atoms with Crippen molar-refractivity contribution in [3.8, 4) is 0 Å². The zero-order valence-electron chi connectivity index (χ0n) is 8.67. The van der Waals surface area contributed by atoms with Crippen molar-refractivity contribution < 1.29 is 14.7 Å². The van der Waals surface area contributed by atoms with Crippen LogP contribution in [0.1, 0.15) is 5.56 Å². The third-order valence-electron chi connectivity index (χ3n) is 1.86. The molecule has 0 spiro atoms. The van der Waals surface area contributed by atoms with Crippen LogP contribution in [0, 0.1) is 6.92 Å². The summed E-state index contributed by atoms with van der Waals surface area (Å²) in [5.41, 5.74) is 0.962. The van der Waals surface area contributed by atoms with Crippen LogP contribution >= 0.6 is 0 Å². The summed E-state index contributed by atoms with van der Waals surface area (Å²) in [5.74, 6) is -1.30. The fourth-order valence-electron chi connectivity index (χ4n) is 1.10. The zero-order chi connectivity index (χ0) is 11.4. The molecule has 1 heterocycles. The third kappa shape index (κ3) is 3.41. The van der Waals surface area contributed by atoms with Crippen molar-refractivity contribution in [1.82, 2.24) is 14.7 Å². The number of likely N-dealkylation sites (N-methyl/N-ethyl adjacent to an activating group) is 1. The SMILES string of the molecule is Cc1cnn(CC(=O)N(C)CC(=O)O)c1. The molecule has 0 saturated carbocycles. The Balaban J connectivity index is 2.52. The van der Waals surface area contributed by atoms with Crippen LogP contribution in [0.4, 0.5) is 0 Å². The molecule has 1 amide bonds. The van der Waals surface area contributed by atoms with Crippen molar-refractivity contribution in [3.63, 3.8) is 0 Å². The van der Waals surface area contributed by atoms with Gasteiger partial charge < -0.3 is 10.0 Å². The van der Waals surface area contributed by atoms with Crippen LogP contribution in [0.3, 0.4) is 0 Å². The van der Waals surface area contributed by atoms with E-state index in [2.05, 4.69) is 5.10 Å². The van der Waals surface area contributed by atoms with Crippen molar-refractivity contribution in [1.29, 1.82) is 0 Å². The molecule has 0 fully saturated rings. The van der Waals surface area contributed by atoms with E-state index < -0.39 is 5.97 Å². The molecule has 0 aromatic carbocycles. The van der Waals surface area contributed by atoms with Gasteiger partial charge in [-0.25, -0.2) is 0 Å². The fourth-order valence-corrected chi connectivity index (χ4v) is 1.10. The van der Waals surface area contributed by atoms with E-state index in [4.69, 9.17) is 5.11 Å². The Bertz CT molecular complexity index is 372. The standard InChI is InChI=1S/C9H13N3O3/c1-7-3-10-12(4-7)5-8(13)11(2)6-9(14)15/h3-4H,5-6H2,1-2H3,(H,14,15). The number of aromatic nitrogens is 2. The number of carboxylic acid groups (broad SMARTS) is 1. The highest BCUT2D eigenvalue weighted by Gasteiger charge is 2.12. The Morgan fingerprint density at radius 1 is 1.60 bits per heavy atom. The lowest BCUT2D eigenvalue weighted by atomic mass is 10.4. The highest BCUT2D eigenvalue weighted by molar-refractivity contribution is 5.80. The van der Waals surface area contributed by atoms with Gasteiger partial charge in [0.25, 0.3) is 0 Å². The van der Waals surface area contributed by atoms with Gasteiger partial charge in [0.05, 0.1) is 6.20 Å². The van der Waals surface area contributed by atoms with Crippen LogP contribution in [-0.2, 0) is 16.1 Å². The molecule has 15 heavy (non-hydrogen) atoms. The molecule has 1 rings (SSSR count). The lowest BCUT2D eigenvalue weighted by Crippen LogP contribution is -2.34. The maximum absolute atomic E-state index is 11.5. The van der Waals surface area contributed by atoms with Gasteiger partial charge in [-0.3, -0.25) is 14.3 Å². The molecular weight excluding hydrogens is 198 g/mol. The number of rotatable bonds is 4. The minimum absolute atomic E-state index is 0.0671. The first-order valence-electron chi connectivity index (χ1n) is 4.44. The number of carboxylic acids is 1. The molecule has 0 atom stereocenters. The van der Waals surface area contributed by atoms with Crippen LogP contribution in [0.5, 0.6) is 0 Å². The van der Waals surface area contributed by atoms with E-state index >= 15 is 0 Å². The Morgan fingerprint density at radius 3 is 2.73 bits per heavy atom. The maximum Gasteiger partial charge on any atom is 0.323 e. The predicted molar refractivity (Wildman–Crippen MR) is 52.2 cm³/mol. The smallest absolute Gasteiger partial charge is 0.323 e. The fraction of sp³-hybridized carbons (Fsp3) is 0.444. The van der Waals surface area contributed by atoms with Crippen LogP contribution in [0.25, 0.3) is 0 Å². The van der Waals surface area contributed by atoms with Gasteiger partial charge in [0.15, 0.2) is 0 Å². The molecule has 0 saturated heterocycles. The summed E-state index contributed by atoms with van der Waals surface area (Å²) < 4.78 is 1.48. The van der Waals surface area contributed by atoms with E-state index in [0.29, 0.717) is 0 Å². The lowest BCUT2D eigenvalue weighted by molar-refractivity contribution is -0.143. The second-order valence-electron chi connectivity index (χ2n) is 3.36. The summed E-state index contributed by atoms with van der Waals surface area (Å²) >= 11 is 0. The summed E-state index contributed by atoms with van der Waals surface area (Å²) in [4.78, 5) is 23.0. The Morgan fingerprint density at radius 2 is 2.27 bits per heavy atom. The summed E-state index contributed by atoms with van der Waals surface area (Å²) in [6, 6.07) is 0. The van der Waals surface area contributed by atoms with E-state index in [1.807, 2.05) is 6.92 Å². The molecule has 1 aromatic rings. The quantitative estimate of drug-likeness (QED) is 0.744. The number of carbonyl (C=O) groups excluding carboxylic acids is 1. The molecule has 0 aliphatic rings. The minimum Gasteiger partial charge on any atom is -0.480 e. The van der Waals surface area contributed by atoms with Crippen molar-refractivity contribution >= 4 is 11.9 Å². The van der Waals surface area contributed by atoms with E-state index in [1.165, 1.54) is 11.7 Å². The minimum atomic E-state index is -1.03. The van der Waals surface area contributed by atoms with Gasteiger partial charge >= 0.3 is 5.97 Å². The second-order valence-corrected chi connectivity index (χ2v) is 3.36. The van der Waals surface area contributed by atoms with Gasteiger partial charge in [-0.15, -0.1) is 0 Å². The number of carbonyl (C=O) groups is 2. The van der Waals surface area contributed by atoms with E-state index in [-0.39, 0.29) is 19.0 Å². The topological polar surface area (TPSA) is 75.4 Å². The van der Waals surface area contributed by atoms with Crippen LogP contribution < -0.4 is 0 Å². The molecule has 1 aromatic heterocycles. The summed E-state index contributed by atoms with van der Waals surface area (Å²) in [6.45, 7) is 1.64. The van der Waals surface area contributed by atoms with Crippen LogP contribution in [0.15, 0.2) is 12.4 Å². The largest absolute Gasteiger partial charge is 0.480 e. The average molecular weight is 211 g/mol. The summed E-state index contributed by atoms with van der Waals surface area (Å²) in [7, 11) is 1.45. The van der Waals surface area contributed by atoms with Gasteiger partial charge in [-0.2, -0.15) is 5.10 Å². The number of hydrogen-bond acceptors (Lipinski definition) is 3. The first-order valence-corrected chi connectivity index (χ1v) is 4.44. The predicted octanol–water partition coefficient (Wildman–Crippen LogP) is -0.265. The molecule has 6 nitrogen and oxygen atoms in total. The summed E-state index contributed by atoms with van der Waals surface area (Å²) in [6.07, 6.45) is 3.37. The van der Waals surface area contributed by atoms with Crippen molar-refractivity contribution in [2.75, 3.05) is 13.6 Å². The third-order valence-corrected chi connectivity index (χ3v) is 1.86. The Labute approximate surface area is 87.1 Å². The van der Waals surface area contributed by atoms with E-state index in [9.17, 15) is 9.59 Å². The Kier molecular flexibility index (Phi) is 3.43. The molecule has 0 aliphatic heterocycles. The molecule has 1 N–H and O–H groups in total. The molecule has 0 aliphatic carbocycles. The number of aliphatic carboxylic acids is 1. The highest BCUT2D eigenvalue weighted by atomic mass is 16.4. The van der Waals surface area contributed by atoms with Crippen LogP contribution in [-0.4, -0.2) is 45.3 Å². The molecule has 0 unspecified atom stereocenters. The monoisotopic (exact) mass is 211 g/mol. The second kappa shape index (κ2) is 4.59. The number of hydrogen-bond donors (Lipinski definition) is 1. The average Bonchev–Trinajstić information content (AvgIpc) is 2.50. The number of aryl methyl sites for hydroxylation is 1. The van der Waals surface area contributed by atoms with Gasteiger partial charge in [-0.05, 0) is 12.5 Å². The molecular formula is C9H13N3O3. The lowest BCUT2D eigenvalue weighted by Gasteiger charge is -2.14. The first kappa shape index (κ1) is 11.2. The Hall–Kier alpha value is -1.85. The van der Waals surface area contributed by atoms with Crippen molar-refractivity contribution in [3.05, 3.63) is 18.0 Å². The zero-order valence-corrected chi connectivity index (χ0v) is 8.67. The van der Waals surface area contributed by atoms with Gasteiger partial charge in [0, 0.05) is 13.2 Å². The molecule has 6 heteroatoms.